The second kappa shape index (κ2) is 10.4. The third-order valence-corrected chi connectivity index (χ3v) is 4.97. The van der Waals surface area contributed by atoms with Crippen LogP contribution >= 0.6 is 11.6 Å². The average molecular weight is 462 g/mol. The Balaban J connectivity index is 1.23. The van der Waals surface area contributed by atoms with Crippen LogP contribution in [0.3, 0.4) is 0 Å². The number of benzene rings is 3. The summed E-state index contributed by atoms with van der Waals surface area (Å²) in [6.45, 7) is -0.446. The number of carbonyl (C=O) groups is 2. The fourth-order valence-electron chi connectivity index (χ4n) is 3.05. The summed E-state index contributed by atoms with van der Waals surface area (Å²) < 4.78 is 7.10. The molecule has 0 unspecified atom stereocenters. The van der Waals surface area contributed by atoms with Crippen molar-refractivity contribution in [3.63, 3.8) is 0 Å². The summed E-state index contributed by atoms with van der Waals surface area (Å²) >= 11 is 6.29. The first-order valence-corrected chi connectivity index (χ1v) is 10.5. The number of rotatable bonds is 8. The quantitative estimate of drug-likeness (QED) is 0.416. The smallest absolute Gasteiger partial charge is 0.258 e. The summed E-state index contributed by atoms with van der Waals surface area (Å²) in [6.07, 6.45) is 3.02. The van der Waals surface area contributed by atoms with Crippen molar-refractivity contribution < 1.29 is 14.3 Å². The average Bonchev–Trinajstić information content (AvgIpc) is 3.38. The molecule has 0 saturated heterocycles. The molecule has 166 valence electrons. The number of ether oxygens (including phenoxy) is 1. The summed E-state index contributed by atoms with van der Waals surface area (Å²) in [5.74, 6) is -0.402. The fourth-order valence-corrected chi connectivity index (χ4v) is 3.28. The molecular formula is C24H20ClN5O3. The maximum atomic E-state index is 12.1. The van der Waals surface area contributed by atoms with E-state index in [9.17, 15) is 9.59 Å². The second-order valence-corrected chi connectivity index (χ2v) is 7.42. The van der Waals surface area contributed by atoms with Gasteiger partial charge >= 0.3 is 0 Å². The molecule has 0 bridgehead atoms. The molecule has 0 radical (unpaired) electrons. The van der Waals surface area contributed by atoms with Gasteiger partial charge < -0.3 is 15.4 Å². The Hall–Kier alpha value is -4.17. The molecule has 1 aromatic heterocycles. The molecule has 2 amide bonds. The van der Waals surface area contributed by atoms with Crippen LogP contribution in [-0.2, 0) is 9.59 Å². The van der Waals surface area contributed by atoms with E-state index in [0.29, 0.717) is 16.5 Å². The lowest BCUT2D eigenvalue weighted by Gasteiger charge is -2.11. The van der Waals surface area contributed by atoms with Gasteiger partial charge in [-0.1, -0.05) is 48.0 Å². The molecule has 0 atom stereocenters. The molecule has 4 rings (SSSR count). The van der Waals surface area contributed by atoms with Crippen LogP contribution in [0.2, 0.25) is 5.02 Å². The van der Waals surface area contributed by atoms with Gasteiger partial charge in [0.1, 0.15) is 18.4 Å². The summed E-state index contributed by atoms with van der Waals surface area (Å²) in [4.78, 5) is 28.1. The third kappa shape index (κ3) is 5.96. The van der Waals surface area contributed by atoms with Gasteiger partial charge in [0, 0.05) is 5.69 Å². The van der Waals surface area contributed by atoms with Crippen molar-refractivity contribution in [3.8, 4) is 22.6 Å². The van der Waals surface area contributed by atoms with Crippen LogP contribution in [0, 0.1) is 0 Å². The van der Waals surface area contributed by atoms with Crippen molar-refractivity contribution in [2.45, 2.75) is 0 Å². The van der Waals surface area contributed by atoms with Crippen LogP contribution in [0.5, 0.6) is 5.75 Å². The van der Waals surface area contributed by atoms with Gasteiger partial charge in [-0.05, 0) is 47.5 Å². The van der Waals surface area contributed by atoms with E-state index in [1.54, 1.807) is 47.4 Å². The van der Waals surface area contributed by atoms with Crippen LogP contribution in [0.15, 0.2) is 85.5 Å². The maximum Gasteiger partial charge on any atom is 0.258 e. The minimum Gasteiger partial charge on any atom is -0.482 e. The Bertz CT molecular complexity index is 1230. The van der Waals surface area contributed by atoms with Crippen LogP contribution in [0.25, 0.3) is 16.8 Å². The Kier molecular flexibility index (Phi) is 6.96. The van der Waals surface area contributed by atoms with Gasteiger partial charge in [-0.3, -0.25) is 9.59 Å². The van der Waals surface area contributed by atoms with Crippen molar-refractivity contribution in [3.05, 3.63) is 90.5 Å². The van der Waals surface area contributed by atoms with Gasteiger partial charge in [0.05, 0.1) is 17.3 Å². The third-order valence-electron chi connectivity index (χ3n) is 4.68. The van der Waals surface area contributed by atoms with Crippen molar-refractivity contribution in [1.82, 2.24) is 20.1 Å². The van der Waals surface area contributed by atoms with E-state index in [1.165, 1.54) is 6.33 Å². The Morgan fingerprint density at radius 1 is 0.939 bits per heavy atom. The van der Waals surface area contributed by atoms with Gasteiger partial charge in [-0.15, -0.1) is 0 Å². The fraction of sp³-hybridized carbons (Fsp3) is 0.0833. The first-order chi connectivity index (χ1) is 16.1. The molecule has 9 heteroatoms. The molecule has 2 N–H and O–H groups in total. The highest BCUT2D eigenvalue weighted by Crippen LogP contribution is 2.30. The SMILES string of the molecule is O=C(COc1ccc(-c2ccccc2)cc1Cl)NCC(=O)Nc1ccc(-n2cncn2)cc1. The zero-order valence-corrected chi connectivity index (χ0v) is 18.2. The normalized spacial score (nSPS) is 10.5. The molecule has 0 aliphatic rings. The number of nitrogens with zero attached hydrogens (tertiary/aromatic N) is 3. The second-order valence-electron chi connectivity index (χ2n) is 7.01. The highest BCUT2D eigenvalue weighted by Gasteiger charge is 2.10. The zero-order valence-electron chi connectivity index (χ0n) is 17.4. The lowest BCUT2D eigenvalue weighted by Crippen LogP contribution is -2.35. The highest BCUT2D eigenvalue weighted by molar-refractivity contribution is 6.32. The first kappa shape index (κ1) is 22.0. The van der Waals surface area contributed by atoms with Gasteiger partial charge in [0.15, 0.2) is 6.61 Å². The van der Waals surface area contributed by atoms with Gasteiger partial charge in [-0.25, -0.2) is 9.67 Å². The van der Waals surface area contributed by atoms with E-state index >= 15 is 0 Å². The predicted octanol–water partition coefficient (Wildman–Crippen LogP) is 3.72. The molecule has 8 nitrogen and oxygen atoms in total. The number of carbonyl (C=O) groups excluding carboxylic acids is 2. The van der Waals surface area contributed by atoms with E-state index < -0.39 is 5.91 Å². The van der Waals surface area contributed by atoms with Crippen LogP contribution < -0.4 is 15.4 Å². The van der Waals surface area contributed by atoms with E-state index in [0.717, 1.165) is 16.8 Å². The number of amides is 2. The van der Waals surface area contributed by atoms with E-state index in [4.69, 9.17) is 16.3 Å². The summed E-state index contributed by atoms with van der Waals surface area (Å²) in [6, 6.07) is 22.2. The van der Waals surface area contributed by atoms with Gasteiger partial charge in [-0.2, -0.15) is 5.10 Å². The standard InChI is InChI=1S/C24H20ClN5O3/c25-21-12-18(17-4-2-1-3-5-17)6-11-22(21)33-14-24(32)27-13-23(31)29-19-7-9-20(10-8-19)30-16-26-15-28-30/h1-12,15-16H,13-14H2,(H,27,32)(H,29,31). The number of halogens is 1. The van der Waals surface area contributed by atoms with Crippen LogP contribution in [0.4, 0.5) is 5.69 Å². The lowest BCUT2D eigenvalue weighted by molar-refractivity contribution is -0.125. The number of aromatic nitrogens is 3. The summed E-state index contributed by atoms with van der Waals surface area (Å²) in [7, 11) is 0. The largest absolute Gasteiger partial charge is 0.482 e. The van der Waals surface area contributed by atoms with Crippen molar-refractivity contribution >= 4 is 29.1 Å². The van der Waals surface area contributed by atoms with E-state index in [1.807, 2.05) is 36.4 Å². The summed E-state index contributed by atoms with van der Waals surface area (Å²) in [5.41, 5.74) is 3.39. The molecule has 4 aromatic rings. The van der Waals surface area contributed by atoms with Crippen LogP contribution in [0.1, 0.15) is 0 Å². The molecular weight excluding hydrogens is 442 g/mol. The Labute approximate surface area is 195 Å². The highest BCUT2D eigenvalue weighted by atomic mass is 35.5. The topological polar surface area (TPSA) is 98.1 Å². The molecule has 33 heavy (non-hydrogen) atoms. The number of hydrogen-bond acceptors (Lipinski definition) is 5. The minimum absolute atomic E-state index is 0.187. The van der Waals surface area contributed by atoms with Crippen LogP contribution in [-0.4, -0.2) is 39.7 Å². The number of anilines is 1. The van der Waals surface area contributed by atoms with Crippen molar-refractivity contribution in [2.75, 3.05) is 18.5 Å². The van der Waals surface area contributed by atoms with E-state index in [2.05, 4.69) is 20.7 Å². The monoisotopic (exact) mass is 461 g/mol. The summed E-state index contributed by atoms with van der Waals surface area (Å²) in [5, 5.41) is 9.67. The predicted molar refractivity (Wildman–Crippen MR) is 125 cm³/mol. The Morgan fingerprint density at radius 3 is 2.42 bits per heavy atom. The Morgan fingerprint density at radius 2 is 1.73 bits per heavy atom. The molecule has 3 aromatic carbocycles. The molecule has 0 aliphatic carbocycles. The molecule has 0 fully saturated rings. The molecule has 0 saturated carbocycles. The van der Waals surface area contributed by atoms with Crippen molar-refractivity contribution in [1.29, 1.82) is 0 Å². The number of hydrogen-bond donors (Lipinski definition) is 2. The van der Waals surface area contributed by atoms with Gasteiger partial charge in [0.25, 0.3) is 5.91 Å². The number of nitrogens with one attached hydrogen (secondary N) is 2. The zero-order chi connectivity index (χ0) is 23.0. The van der Waals surface area contributed by atoms with Gasteiger partial charge in [0.2, 0.25) is 5.91 Å². The molecule has 1 heterocycles. The molecule has 0 aliphatic heterocycles. The van der Waals surface area contributed by atoms with Crippen molar-refractivity contribution in [2.24, 2.45) is 0 Å². The molecule has 0 spiro atoms. The maximum absolute atomic E-state index is 12.1. The first-order valence-electron chi connectivity index (χ1n) is 10.1. The lowest BCUT2D eigenvalue weighted by atomic mass is 10.1. The minimum atomic E-state index is -0.435. The van der Waals surface area contributed by atoms with E-state index in [-0.39, 0.29) is 19.1 Å².